The summed E-state index contributed by atoms with van der Waals surface area (Å²) in [5.74, 6) is -2.28. The molecule has 2 aromatic heterocycles. The van der Waals surface area contributed by atoms with Crippen LogP contribution in [0.25, 0.3) is 5.65 Å². The normalized spacial score (nSPS) is 15.8. The van der Waals surface area contributed by atoms with Gasteiger partial charge in [-0.1, -0.05) is 18.9 Å². The molecule has 1 saturated carbocycles. The van der Waals surface area contributed by atoms with Gasteiger partial charge in [0.2, 0.25) is 5.91 Å². The number of nitrogens with one attached hydrogen (secondary N) is 4. The first-order valence-corrected chi connectivity index (χ1v) is 12.3. The second kappa shape index (κ2) is 10.4. The van der Waals surface area contributed by atoms with Crippen LogP contribution in [0, 0.1) is 5.82 Å². The molecular weight excluding hydrogens is 497 g/mol. The molecule has 1 aromatic carbocycles. The fraction of sp³-hybridized carbons (Fsp3) is 0.360. The molecule has 3 aromatic rings. The van der Waals surface area contributed by atoms with Gasteiger partial charge in [0.25, 0.3) is 17.7 Å². The van der Waals surface area contributed by atoms with Crippen molar-refractivity contribution in [2.75, 3.05) is 11.9 Å². The van der Waals surface area contributed by atoms with Gasteiger partial charge < -0.3 is 26.0 Å². The molecule has 38 heavy (non-hydrogen) atoms. The number of ether oxygens (including phenoxy) is 1. The lowest BCUT2D eigenvalue weighted by molar-refractivity contribution is -0.123. The zero-order chi connectivity index (χ0) is 26.8. The van der Waals surface area contributed by atoms with Gasteiger partial charge in [-0.2, -0.15) is 5.10 Å². The Hall–Kier alpha value is -4.55. The Bertz CT molecular complexity index is 1430. The number of rotatable bonds is 7. The lowest BCUT2D eigenvalue weighted by Gasteiger charge is -2.18. The van der Waals surface area contributed by atoms with Gasteiger partial charge in [-0.15, -0.1) is 0 Å². The quantitative estimate of drug-likeness (QED) is 0.364. The standard InChI is InChI=1S/C25H26FN7O5/c1-13(23(35)30-15-4-2-3-5-15)29-25(37)19-9-18(32-22-16(26)11-28-33(19)22)24(36)27-10-14-6-7-20-17(8-14)31-21(34)12-38-20/h6-9,11,13,15H,2-5,10,12H2,1H3,(H,27,36)(H,29,37)(H,30,35)(H,31,34)/t13-/m0/s1. The second-order valence-corrected chi connectivity index (χ2v) is 9.29. The van der Waals surface area contributed by atoms with E-state index in [1.54, 1.807) is 25.1 Å². The molecule has 0 spiro atoms. The predicted octanol–water partition coefficient (Wildman–Crippen LogP) is 1.31. The molecule has 1 atom stereocenters. The van der Waals surface area contributed by atoms with Gasteiger partial charge in [-0.25, -0.2) is 13.9 Å². The molecule has 1 aliphatic heterocycles. The molecule has 12 nitrogen and oxygen atoms in total. The summed E-state index contributed by atoms with van der Waals surface area (Å²) in [4.78, 5) is 54.1. The molecule has 0 bridgehead atoms. The van der Waals surface area contributed by atoms with Crippen LogP contribution in [0.1, 0.15) is 59.1 Å². The predicted molar refractivity (Wildman–Crippen MR) is 132 cm³/mol. The first kappa shape index (κ1) is 25.1. The summed E-state index contributed by atoms with van der Waals surface area (Å²) in [6, 6.07) is 5.47. The van der Waals surface area contributed by atoms with E-state index in [-0.39, 0.29) is 48.0 Å². The monoisotopic (exact) mass is 523 g/mol. The highest BCUT2D eigenvalue weighted by atomic mass is 19.1. The van der Waals surface area contributed by atoms with Crippen molar-refractivity contribution in [1.29, 1.82) is 0 Å². The molecule has 1 fully saturated rings. The molecule has 0 saturated heterocycles. The van der Waals surface area contributed by atoms with Gasteiger partial charge in [0.1, 0.15) is 23.2 Å². The number of hydrogen-bond donors (Lipinski definition) is 4. The Morgan fingerprint density at radius 2 is 2.00 bits per heavy atom. The summed E-state index contributed by atoms with van der Waals surface area (Å²) in [5.41, 5.74) is 0.482. The summed E-state index contributed by atoms with van der Waals surface area (Å²) < 4.78 is 20.7. The van der Waals surface area contributed by atoms with Crippen molar-refractivity contribution in [3.05, 3.63) is 53.2 Å². The van der Waals surface area contributed by atoms with Crippen molar-refractivity contribution < 1.29 is 28.3 Å². The van der Waals surface area contributed by atoms with Crippen LogP contribution in [0.2, 0.25) is 0 Å². The van der Waals surface area contributed by atoms with E-state index in [1.165, 1.54) is 6.07 Å². The minimum Gasteiger partial charge on any atom is -0.482 e. The van der Waals surface area contributed by atoms with E-state index in [4.69, 9.17) is 4.74 Å². The number of benzene rings is 1. The number of carbonyl (C=O) groups is 4. The number of nitrogens with zero attached hydrogens (tertiary/aromatic N) is 3. The maximum Gasteiger partial charge on any atom is 0.270 e. The van der Waals surface area contributed by atoms with Crippen molar-refractivity contribution >= 4 is 35.0 Å². The molecule has 13 heteroatoms. The van der Waals surface area contributed by atoms with Crippen LogP contribution in [0.15, 0.2) is 30.5 Å². The lowest BCUT2D eigenvalue weighted by Crippen LogP contribution is -2.47. The molecule has 5 rings (SSSR count). The van der Waals surface area contributed by atoms with E-state index in [9.17, 15) is 23.6 Å². The van der Waals surface area contributed by atoms with Crippen LogP contribution in [0.3, 0.4) is 0 Å². The van der Waals surface area contributed by atoms with Gasteiger partial charge in [-0.05, 0) is 37.5 Å². The number of halogens is 1. The maximum absolute atomic E-state index is 14.4. The van der Waals surface area contributed by atoms with E-state index in [0.29, 0.717) is 17.0 Å². The van der Waals surface area contributed by atoms with Crippen LogP contribution >= 0.6 is 0 Å². The zero-order valence-corrected chi connectivity index (χ0v) is 20.5. The van der Waals surface area contributed by atoms with Crippen molar-refractivity contribution in [1.82, 2.24) is 30.5 Å². The average molecular weight is 524 g/mol. The Balaban J connectivity index is 1.31. The topological polar surface area (TPSA) is 156 Å². The van der Waals surface area contributed by atoms with E-state index in [0.717, 1.165) is 36.4 Å². The van der Waals surface area contributed by atoms with Crippen molar-refractivity contribution in [2.45, 2.75) is 51.2 Å². The molecular formula is C25H26FN7O5. The second-order valence-electron chi connectivity index (χ2n) is 9.29. The molecule has 2 aliphatic rings. The number of amides is 4. The summed E-state index contributed by atoms with van der Waals surface area (Å²) in [6.45, 7) is 1.54. The van der Waals surface area contributed by atoms with Gasteiger partial charge in [-0.3, -0.25) is 19.2 Å². The van der Waals surface area contributed by atoms with Crippen LogP contribution < -0.4 is 26.0 Å². The Labute approximate surface area is 216 Å². The fourth-order valence-electron chi connectivity index (χ4n) is 4.46. The van der Waals surface area contributed by atoms with Gasteiger partial charge in [0.05, 0.1) is 11.9 Å². The fourth-order valence-corrected chi connectivity index (χ4v) is 4.46. The van der Waals surface area contributed by atoms with Crippen molar-refractivity contribution in [3.8, 4) is 5.75 Å². The van der Waals surface area contributed by atoms with E-state index in [1.807, 2.05) is 0 Å². The first-order chi connectivity index (χ1) is 18.3. The van der Waals surface area contributed by atoms with Gasteiger partial charge in [0.15, 0.2) is 18.1 Å². The molecule has 198 valence electrons. The zero-order valence-electron chi connectivity index (χ0n) is 20.5. The average Bonchev–Trinajstić information content (AvgIpc) is 3.56. The summed E-state index contributed by atoms with van der Waals surface area (Å²) in [5, 5.41) is 14.7. The van der Waals surface area contributed by atoms with Crippen LogP contribution in [0.5, 0.6) is 5.75 Å². The smallest absolute Gasteiger partial charge is 0.270 e. The lowest BCUT2D eigenvalue weighted by atomic mass is 10.1. The van der Waals surface area contributed by atoms with Crippen LogP contribution in [0.4, 0.5) is 10.1 Å². The molecule has 3 heterocycles. The SMILES string of the molecule is C[C@H](NC(=O)c1cc(C(=O)NCc2ccc3c(c2)NC(=O)CO3)nc2c(F)cnn12)C(=O)NC1CCCC1. The highest BCUT2D eigenvalue weighted by Crippen LogP contribution is 2.28. The minimum absolute atomic E-state index is 0.0660. The summed E-state index contributed by atoms with van der Waals surface area (Å²) in [6.07, 6.45) is 4.79. The van der Waals surface area contributed by atoms with E-state index >= 15 is 0 Å². The van der Waals surface area contributed by atoms with Gasteiger partial charge in [0, 0.05) is 18.7 Å². The summed E-state index contributed by atoms with van der Waals surface area (Å²) in [7, 11) is 0. The van der Waals surface area contributed by atoms with E-state index < -0.39 is 23.7 Å². The first-order valence-electron chi connectivity index (χ1n) is 12.3. The Morgan fingerprint density at radius 1 is 1.21 bits per heavy atom. The number of carbonyl (C=O) groups excluding carboxylic acids is 4. The number of anilines is 1. The molecule has 0 unspecified atom stereocenters. The third-order valence-corrected chi connectivity index (χ3v) is 6.47. The third kappa shape index (κ3) is 5.26. The molecule has 4 amide bonds. The van der Waals surface area contributed by atoms with Crippen LogP contribution in [-0.2, 0) is 16.1 Å². The maximum atomic E-state index is 14.4. The molecule has 4 N–H and O–H groups in total. The van der Waals surface area contributed by atoms with Gasteiger partial charge >= 0.3 is 0 Å². The molecule has 0 radical (unpaired) electrons. The highest BCUT2D eigenvalue weighted by molar-refractivity contribution is 6.00. The van der Waals surface area contributed by atoms with Crippen molar-refractivity contribution in [2.24, 2.45) is 0 Å². The highest BCUT2D eigenvalue weighted by Gasteiger charge is 2.25. The third-order valence-electron chi connectivity index (χ3n) is 6.47. The number of aromatic nitrogens is 3. The summed E-state index contributed by atoms with van der Waals surface area (Å²) >= 11 is 0. The van der Waals surface area contributed by atoms with Crippen molar-refractivity contribution in [3.63, 3.8) is 0 Å². The molecule has 1 aliphatic carbocycles. The Morgan fingerprint density at radius 3 is 2.79 bits per heavy atom. The Kier molecular flexibility index (Phi) is 6.90. The number of hydrogen-bond acceptors (Lipinski definition) is 7. The largest absolute Gasteiger partial charge is 0.482 e. The number of fused-ring (bicyclic) bond motifs is 2. The van der Waals surface area contributed by atoms with Crippen LogP contribution in [-0.4, -0.2) is 56.9 Å². The van der Waals surface area contributed by atoms with E-state index in [2.05, 4.69) is 31.3 Å². The minimum atomic E-state index is -0.863.